The quantitative estimate of drug-likeness (QED) is 0.486. The SMILES string of the molecule is COc1cccc(-c2csc(CNc3nccc4c(N)cc(C)cc34)n2)c1. The van der Waals surface area contributed by atoms with Crippen LogP contribution in [0.5, 0.6) is 5.75 Å². The summed E-state index contributed by atoms with van der Waals surface area (Å²) in [6.45, 7) is 2.64. The van der Waals surface area contributed by atoms with Crippen LogP contribution >= 0.6 is 11.3 Å². The molecule has 2 aromatic heterocycles. The van der Waals surface area contributed by atoms with Crippen LogP contribution in [0.4, 0.5) is 11.5 Å². The Balaban J connectivity index is 1.56. The number of aromatic nitrogens is 2. The van der Waals surface area contributed by atoms with Crippen LogP contribution in [0.2, 0.25) is 0 Å². The summed E-state index contributed by atoms with van der Waals surface area (Å²) in [6.07, 6.45) is 1.78. The molecule has 0 amide bonds. The van der Waals surface area contributed by atoms with Gasteiger partial charge in [-0.15, -0.1) is 11.3 Å². The maximum Gasteiger partial charge on any atom is 0.134 e. The first-order valence-corrected chi connectivity index (χ1v) is 9.49. The van der Waals surface area contributed by atoms with Crippen molar-refractivity contribution in [2.45, 2.75) is 13.5 Å². The van der Waals surface area contributed by atoms with Gasteiger partial charge in [-0.2, -0.15) is 0 Å². The lowest BCUT2D eigenvalue weighted by molar-refractivity contribution is 0.415. The molecule has 0 fully saturated rings. The van der Waals surface area contributed by atoms with Gasteiger partial charge in [0.2, 0.25) is 0 Å². The van der Waals surface area contributed by atoms with E-state index in [0.29, 0.717) is 6.54 Å². The zero-order chi connectivity index (χ0) is 18.8. The van der Waals surface area contributed by atoms with Gasteiger partial charge < -0.3 is 15.8 Å². The van der Waals surface area contributed by atoms with Crippen molar-refractivity contribution in [3.8, 4) is 17.0 Å². The van der Waals surface area contributed by atoms with Crippen molar-refractivity contribution in [1.29, 1.82) is 0 Å². The number of ether oxygens (including phenoxy) is 1. The zero-order valence-corrected chi connectivity index (χ0v) is 16.0. The molecule has 6 heteroatoms. The third kappa shape index (κ3) is 3.57. The second-order valence-corrected chi connectivity index (χ2v) is 7.26. The number of nitrogens with two attached hydrogens (primary N) is 1. The average Bonchev–Trinajstić information content (AvgIpc) is 3.15. The first kappa shape index (κ1) is 17.3. The molecule has 5 nitrogen and oxygen atoms in total. The number of methoxy groups -OCH3 is 1. The number of hydrogen-bond donors (Lipinski definition) is 2. The van der Waals surface area contributed by atoms with Gasteiger partial charge in [-0.3, -0.25) is 0 Å². The second-order valence-electron chi connectivity index (χ2n) is 6.32. The summed E-state index contributed by atoms with van der Waals surface area (Å²) in [4.78, 5) is 9.22. The van der Waals surface area contributed by atoms with E-state index in [1.54, 1.807) is 24.6 Å². The van der Waals surface area contributed by atoms with Gasteiger partial charge in [0.25, 0.3) is 0 Å². The molecule has 0 atom stereocenters. The summed E-state index contributed by atoms with van der Waals surface area (Å²) in [5, 5.41) is 8.49. The normalized spacial score (nSPS) is 10.9. The summed E-state index contributed by atoms with van der Waals surface area (Å²) in [5.41, 5.74) is 10.0. The minimum absolute atomic E-state index is 0.606. The lowest BCUT2D eigenvalue weighted by atomic mass is 10.1. The third-order valence-corrected chi connectivity index (χ3v) is 5.23. The standard InChI is InChI=1S/C21H20N4OS/c1-13-8-17-16(18(22)9-13)6-7-23-21(17)24-11-20-25-19(12-27-20)14-4-3-5-15(10-14)26-2/h3-10,12H,11,22H2,1-2H3,(H,23,24). The number of nitrogen functional groups attached to an aromatic ring is 1. The van der Waals surface area contributed by atoms with E-state index in [4.69, 9.17) is 15.5 Å². The Hall–Kier alpha value is -3.12. The van der Waals surface area contributed by atoms with Crippen LogP contribution in [0.25, 0.3) is 22.0 Å². The van der Waals surface area contributed by atoms with E-state index in [-0.39, 0.29) is 0 Å². The number of hydrogen-bond acceptors (Lipinski definition) is 6. The number of nitrogens with zero attached hydrogens (tertiary/aromatic N) is 2. The molecule has 0 saturated carbocycles. The fraction of sp³-hybridized carbons (Fsp3) is 0.143. The van der Waals surface area contributed by atoms with Crippen molar-refractivity contribution < 1.29 is 4.74 Å². The monoisotopic (exact) mass is 376 g/mol. The Labute approximate surface area is 161 Å². The molecule has 0 radical (unpaired) electrons. The first-order valence-electron chi connectivity index (χ1n) is 8.61. The summed E-state index contributed by atoms with van der Waals surface area (Å²) in [7, 11) is 1.67. The van der Waals surface area contributed by atoms with Crippen LogP contribution in [0.3, 0.4) is 0 Å². The Bertz CT molecular complexity index is 1110. The van der Waals surface area contributed by atoms with Gasteiger partial charge in [-0.25, -0.2) is 9.97 Å². The number of nitrogens with one attached hydrogen (secondary N) is 1. The second kappa shape index (κ2) is 7.25. The van der Waals surface area contributed by atoms with E-state index in [1.165, 1.54) is 0 Å². The van der Waals surface area contributed by atoms with E-state index < -0.39 is 0 Å². The largest absolute Gasteiger partial charge is 0.497 e. The molecule has 0 saturated heterocycles. The maximum atomic E-state index is 6.15. The summed E-state index contributed by atoms with van der Waals surface area (Å²) < 4.78 is 5.29. The molecule has 136 valence electrons. The van der Waals surface area contributed by atoms with Crippen molar-refractivity contribution >= 4 is 33.6 Å². The van der Waals surface area contributed by atoms with Gasteiger partial charge in [0.05, 0.1) is 19.3 Å². The molecule has 0 bridgehead atoms. The number of anilines is 2. The van der Waals surface area contributed by atoms with Crippen LogP contribution in [0.15, 0.2) is 54.0 Å². The topological polar surface area (TPSA) is 73.1 Å². The van der Waals surface area contributed by atoms with Crippen molar-refractivity contribution in [3.05, 3.63) is 64.6 Å². The van der Waals surface area contributed by atoms with Crippen LogP contribution in [-0.4, -0.2) is 17.1 Å². The highest BCUT2D eigenvalue weighted by Gasteiger charge is 2.09. The maximum absolute atomic E-state index is 6.15. The number of rotatable bonds is 5. The zero-order valence-electron chi connectivity index (χ0n) is 15.2. The van der Waals surface area contributed by atoms with Crippen LogP contribution < -0.4 is 15.8 Å². The van der Waals surface area contributed by atoms with Crippen molar-refractivity contribution in [1.82, 2.24) is 9.97 Å². The molecular formula is C21H20N4OS. The molecule has 2 aromatic carbocycles. The molecule has 0 aliphatic carbocycles. The smallest absolute Gasteiger partial charge is 0.134 e. The molecule has 27 heavy (non-hydrogen) atoms. The molecule has 4 aromatic rings. The Morgan fingerprint density at radius 1 is 1.15 bits per heavy atom. The van der Waals surface area contributed by atoms with Crippen molar-refractivity contribution in [2.24, 2.45) is 0 Å². The lowest BCUT2D eigenvalue weighted by Gasteiger charge is -2.10. The fourth-order valence-electron chi connectivity index (χ4n) is 3.07. The molecule has 0 aliphatic rings. The Morgan fingerprint density at radius 2 is 2.04 bits per heavy atom. The number of aryl methyl sites for hydroxylation is 1. The van der Waals surface area contributed by atoms with Gasteiger partial charge in [0.15, 0.2) is 0 Å². The molecular weight excluding hydrogens is 356 g/mol. The van der Waals surface area contributed by atoms with E-state index in [1.807, 2.05) is 43.3 Å². The highest BCUT2D eigenvalue weighted by molar-refractivity contribution is 7.10. The van der Waals surface area contributed by atoms with E-state index in [0.717, 1.165) is 49.9 Å². The molecule has 0 aliphatic heterocycles. The van der Waals surface area contributed by atoms with E-state index in [2.05, 4.69) is 21.7 Å². The van der Waals surface area contributed by atoms with E-state index >= 15 is 0 Å². The minimum atomic E-state index is 0.606. The Kier molecular flexibility index (Phi) is 4.64. The predicted octanol–water partition coefficient (Wildman–Crippen LogP) is 4.87. The van der Waals surface area contributed by atoms with E-state index in [9.17, 15) is 0 Å². The highest BCUT2D eigenvalue weighted by Crippen LogP contribution is 2.29. The summed E-state index contributed by atoms with van der Waals surface area (Å²) in [5.74, 6) is 1.65. The van der Waals surface area contributed by atoms with Gasteiger partial charge in [-0.1, -0.05) is 12.1 Å². The lowest BCUT2D eigenvalue weighted by Crippen LogP contribution is -2.02. The van der Waals surface area contributed by atoms with Crippen LogP contribution in [0.1, 0.15) is 10.6 Å². The Morgan fingerprint density at radius 3 is 2.89 bits per heavy atom. The molecule has 2 heterocycles. The van der Waals surface area contributed by atoms with Crippen molar-refractivity contribution in [2.75, 3.05) is 18.2 Å². The highest BCUT2D eigenvalue weighted by atomic mass is 32.1. The predicted molar refractivity (Wildman–Crippen MR) is 112 cm³/mol. The molecule has 4 rings (SSSR count). The van der Waals surface area contributed by atoms with Crippen LogP contribution in [-0.2, 0) is 6.54 Å². The van der Waals surface area contributed by atoms with Crippen molar-refractivity contribution in [3.63, 3.8) is 0 Å². The van der Waals surface area contributed by atoms with Crippen LogP contribution in [0, 0.1) is 6.92 Å². The number of fused-ring (bicyclic) bond motifs is 1. The fourth-order valence-corrected chi connectivity index (χ4v) is 3.81. The molecule has 0 unspecified atom stereocenters. The number of pyridine rings is 1. The third-order valence-electron chi connectivity index (χ3n) is 4.38. The summed E-state index contributed by atoms with van der Waals surface area (Å²) >= 11 is 1.62. The van der Waals surface area contributed by atoms with Gasteiger partial charge in [-0.05, 0) is 42.8 Å². The average molecular weight is 376 g/mol. The van der Waals surface area contributed by atoms with Gasteiger partial charge in [0, 0.05) is 33.6 Å². The summed E-state index contributed by atoms with van der Waals surface area (Å²) in [6, 6.07) is 13.9. The first-order chi connectivity index (χ1) is 13.1. The molecule has 0 spiro atoms. The molecule has 3 N–H and O–H groups in total. The number of thiazole rings is 1. The minimum Gasteiger partial charge on any atom is -0.497 e. The van der Waals surface area contributed by atoms with Gasteiger partial charge >= 0.3 is 0 Å². The van der Waals surface area contributed by atoms with Gasteiger partial charge in [0.1, 0.15) is 16.6 Å². The number of benzene rings is 2.